The van der Waals surface area contributed by atoms with Crippen molar-refractivity contribution >= 4 is 5.69 Å². The minimum absolute atomic E-state index is 0.158. The SMILES string of the molecule is COC1CNCCN1c1ccccc1. The molecule has 1 fully saturated rings. The summed E-state index contributed by atoms with van der Waals surface area (Å²) in [6.45, 7) is 2.92. The Labute approximate surface area is 84.7 Å². The highest BCUT2D eigenvalue weighted by molar-refractivity contribution is 5.47. The molecule has 3 nitrogen and oxygen atoms in total. The fourth-order valence-electron chi connectivity index (χ4n) is 1.80. The molecule has 0 aromatic heterocycles. The summed E-state index contributed by atoms with van der Waals surface area (Å²) in [5.41, 5.74) is 1.24. The van der Waals surface area contributed by atoms with Crippen LogP contribution < -0.4 is 10.2 Å². The lowest BCUT2D eigenvalue weighted by Crippen LogP contribution is -2.52. The molecule has 3 heteroatoms. The molecule has 76 valence electrons. The molecule has 0 aliphatic carbocycles. The highest BCUT2D eigenvalue weighted by Crippen LogP contribution is 2.17. The largest absolute Gasteiger partial charge is 0.360 e. The van der Waals surface area contributed by atoms with E-state index in [1.165, 1.54) is 5.69 Å². The van der Waals surface area contributed by atoms with Crippen LogP contribution in [0.25, 0.3) is 0 Å². The lowest BCUT2D eigenvalue weighted by atomic mass is 10.2. The van der Waals surface area contributed by atoms with Crippen molar-refractivity contribution < 1.29 is 4.74 Å². The van der Waals surface area contributed by atoms with Crippen molar-refractivity contribution in [1.82, 2.24) is 5.32 Å². The molecule has 14 heavy (non-hydrogen) atoms. The Morgan fingerprint density at radius 1 is 1.36 bits per heavy atom. The zero-order valence-electron chi connectivity index (χ0n) is 8.44. The minimum atomic E-state index is 0.158. The topological polar surface area (TPSA) is 24.5 Å². The van der Waals surface area contributed by atoms with Crippen LogP contribution in [0.15, 0.2) is 30.3 Å². The summed E-state index contributed by atoms with van der Waals surface area (Å²) in [6.07, 6.45) is 0.158. The first-order valence-corrected chi connectivity index (χ1v) is 4.97. The number of anilines is 1. The van der Waals surface area contributed by atoms with Gasteiger partial charge in [-0.1, -0.05) is 18.2 Å². The van der Waals surface area contributed by atoms with Crippen molar-refractivity contribution in [2.24, 2.45) is 0 Å². The summed E-state index contributed by atoms with van der Waals surface area (Å²) in [6, 6.07) is 10.4. The number of methoxy groups -OCH3 is 1. The van der Waals surface area contributed by atoms with Gasteiger partial charge < -0.3 is 15.0 Å². The van der Waals surface area contributed by atoms with E-state index in [-0.39, 0.29) is 6.23 Å². The van der Waals surface area contributed by atoms with Crippen LogP contribution in [0.3, 0.4) is 0 Å². The molecule has 1 aliphatic rings. The fourth-order valence-corrected chi connectivity index (χ4v) is 1.80. The molecule has 1 aliphatic heterocycles. The molecule has 0 spiro atoms. The number of ether oxygens (including phenoxy) is 1. The Hall–Kier alpha value is -1.06. The van der Waals surface area contributed by atoms with Gasteiger partial charge in [0.05, 0.1) is 0 Å². The van der Waals surface area contributed by atoms with Gasteiger partial charge in [-0.3, -0.25) is 0 Å². The van der Waals surface area contributed by atoms with Gasteiger partial charge in [0.15, 0.2) is 0 Å². The van der Waals surface area contributed by atoms with E-state index < -0.39 is 0 Å². The molecular formula is C11H16N2O. The lowest BCUT2D eigenvalue weighted by Gasteiger charge is -2.36. The highest BCUT2D eigenvalue weighted by Gasteiger charge is 2.21. The van der Waals surface area contributed by atoms with Gasteiger partial charge in [-0.25, -0.2) is 0 Å². The Bertz CT molecular complexity index is 276. The minimum Gasteiger partial charge on any atom is -0.360 e. The third kappa shape index (κ3) is 1.89. The maximum atomic E-state index is 5.42. The fraction of sp³-hybridized carbons (Fsp3) is 0.455. The Morgan fingerprint density at radius 2 is 2.14 bits per heavy atom. The molecule has 1 aromatic rings. The second-order valence-corrected chi connectivity index (χ2v) is 3.42. The number of hydrogen-bond donors (Lipinski definition) is 1. The Morgan fingerprint density at radius 3 is 2.86 bits per heavy atom. The maximum Gasteiger partial charge on any atom is 0.142 e. The van der Waals surface area contributed by atoms with Crippen molar-refractivity contribution in [3.05, 3.63) is 30.3 Å². The zero-order chi connectivity index (χ0) is 9.80. The number of benzene rings is 1. The number of rotatable bonds is 2. The number of nitrogens with one attached hydrogen (secondary N) is 1. The zero-order valence-corrected chi connectivity index (χ0v) is 8.44. The Kier molecular flexibility index (Phi) is 3.01. The molecule has 1 unspecified atom stereocenters. The molecule has 1 atom stereocenters. The van der Waals surface area contributed by atoms with E-state index in [1.807, 2.05) is 6.07 Å². The van der Waals surface area contributed by atoms with Gasteiger partial charge >= 0.3 is 0 Å². The molecule has 1 heterocycles. The summed E-state index contributed by atoms with van der Waals surface area (Å²) in [4.78, 5) is 2.29. The van der Waals surface area contributed by atoms with E-state index in [0.717, 1.165) is 19.6 Å². The monoisotopic (exact) mass is 192 g/mol. The van der Waals surface area contributed by atoms with Gasteiger partial charge in [0.2, 0.25) is 0 Å². The number of para-hydroxylation sites is 1. The van der Waals surface area contributed by atoms with E-state index in [1.54, 1.807) is 7.11 Å². The molecule has 0 radical (unpaired) electrons. The molecule has 0 saturated carbocycles. The second kappa shape index (κ2) is 4.44. The summed E-state index contributed by atoms with van der Waals surface area (Å²) >= 11 is 0. The predicted molar refractivity (Wildman–Crippen MR) is 57.5 cm³/mol. The van der Waals surface area contributed by atoms with E-state index in [9.17, 15) is 0 Å². The molecule has 1 N–H and O–H groups in total. The van der Waals surface area contributed by atoms with Gasteiger partial charge in [0.1, 0.15) is 6.23 Å². The smallest absolute Gasteiger partial charge is 0.142 e. The number of hydrogen-bond acceptors (Lipinski definition) is 3. The average Bonchev–Trinajstić information content (AvgIpc) is 2.30. The van der Waals surface area contributed by atoms with Crippen LogP contribution in [0.1, 0.15) is 0 Å². The summed E-state index contributed by atoms with van der Waals surface area (Å²) in [5, 5.41) is 3.32. The summed E-state index contributed by atoms with van der Waals surface area (Å²) in [5.74, 6) is 0. The first kappa shape index (κ1) is 9.49. The van der Waals surface area contributed by atoms with Crippen molar-refractivity contribution in [3.63, 3.8) is 0 Å². The molecule has 0 amide bonds. The first-order valence-electron chi connectivity index (χ1n) is 4.97. The van der Waals surface area contributed by atoms with Crippen LogP contribution in [0.2, 0.25) is 0 Å². The first-order chi connectivity index (χ1) is 6.92. The molecule has 0 bridgehead atoms. The van der Waals surface area contributed by atoms with Crippen LogP contribution in [-0.2, 0) is 4.74 Å². The van der Waals surface area contributed by atoms with Crippen molar-refractivity contribution in [3.8, 4) is 0 Å². The molecule has 1 aromatic carbocycles. The molecule has 1 saturated heterocycles. The van der Waals surface area contributed by atoms with Crippen LogP contribution in [0.5, 0.6) is 0 Å². The summed E-state index contributed by atoms with van der Waals surface area (Å²) in [7, 11) is 1.76. The Balaban J connectivity index is 2.15. The quantitative estimate of drug-likeness (QED) is 0.758. The lowest BCUT2D eigenvalue weighted by molar-refractivity contribution is 0.0881. The second-order valence-electron chi connectivity index (χ2n) is 3.42. The van der Waals surface area contributed by atoms with Crippen LogP contribution >= 0.6 is 0 Å². The molecular weight excluding hydrogens is 176 g/mol. The predicted octanol–water partition coefficient (Wildman–Crippen LogP) is 1.07. The third-order valence-electron chi connectivity index (χ3n) is 2.56. The highest BCUT2D eigenvalue weighted by atomic mass is 16.5. The third-order valence-corrected chi connectivity index (χ3v) is 2.56. The standard InChI is InChI=1S/C11H16N2O/c1-14-11-9-12-7-8-13(11)10-5-3-2-4-6-10/h2-6,11-12H,7-9H2,1H3. The van der Waals surface area contributed by atoms with E-state index in [0.29, 0.717) is 0 Å². The van der Waals surface area contributed by atoms with E-state index in [4.69, 9.17) is 4.74 Å². The normalized spacial score (nSPS) is 22.4. The molecule has 2 rings (SSSR count). The van der Waals surface area contributed by atoms with E-state index >= 15 is 0 Å². The number of nitrogens with zero attached hydrogens (tertiary/aromatic N) is 1. The van der Waals surface area contributed by atoms with Crippen molar-refractivity contribution in [2.75, 3.05) is 31.6 Å². The number of piperazine rings is 1. The van der Waals surface area contributed by atoms with Gasteiger partial charge in [0.25, 0.3) is 0 Å². The van der Waals surface area contributed by atoms with Crippen molar-refractivity contribution in [1.29, 1.82) is 0 Å². The van der Waals surface area contributed by atoms with E-state index in [2.05, 4.69) is 34.5 Å². The van der Waals surface area contributed by atoms with Gasteiger partial charge in [-0.2, -0.15) is 0 Å². The average molecular weight is 192 g/mol. The van der Waals surface area contributed by atoms with Gasteiger partial charge in [-0.15, -0.1) is 0 Å². The summed E-state index contributed by atoms with van der Waals surface area (Å²) < 4.78 is 5.42. The van der Waals surface area contributed by atoms with Crippen LogP contribution in [0, 0.1) is 0 Å². The maximum absolute atomic E-state index is 5.42. The van der Waals surface area contributed by atoms with Crippen LogP contribution in [-0.4, -0.2) is 33.0 Å². The van der Waals surface area contributed by atoms with Gasteiger partial charge in [0, 0.05) is 32.4 Å². The van der Waals surface area contributed by atoms with Gasteiger partial charge in [-0.05, 0) is 12.1 Å². The van der Waals surface area contributed by atoms with Crippen LogP contribution in [0.4, 0.5) is 5.69 Å². The van der Waals surface area contributed by atoms with Crippen molar-refractivity contribution in [2.45, 2.75) is 6.23 Å².